The number of primary amides is 1. The number of carbonyl (C=O) groups is 3. The van der Waals surface area contributed by atoms with Crippen molar-refractivity contribution in [2.75, 3.05) is 31.5 Å². The molecule has 164 valence electrons. The molecule has 4 amide bonds. The number of para-hydroxylation sites is 1. The summed E-state index contributed by atoms with van der Waals surface area (Å²) < 4.78 is 0. The highest BCUT2D eigenvalue weighted by atomic mass is 16.2. The highest BCUT2D eigenvalue weighted by molar-refractivity contribution is 5.94. The van der Waals surface area contributed by atoms with Crippen LogP contribution in [0.4, 0.5) is 10.5 Å². The Balaban J connectivity index is 1.46. The number of hydrogen-bond acceptors (Lipinski definition) is 4. The molecule has 1 atom stereocenters. The first-order chi connectivity index (χ1) is 14.5. The molecule has 8 nitrogen and oxygen atoms in total. The molecule has 3 rings (SSSR count). The molecule has 0 radical (unpaired) electrons. The van der Waals surface area contributed by atoms with Crippen molar-refractivity contribution < 1.29 is 14.4 Å². The lowest BCUT2D eigenvalue weighted by Crippen LogP contribution is -2.42. The van der Waals surface area contributed by atoms with Crippen LogP contribution < -0.4 is 21.7 Å². The molecule has 1 aliphatic heterocycles. The lowest BCUT2D eigenvalue weighted by atomic mass is 9.97. The van der Waals surface area contributed by atoms with Crippen molar-refractivity contribution >= 4 is 23.5 Å². The number of rotatable bonds is 8. The zero-order chi connectivity index (χ0) is 21.3. The van der Waals surface area contributed by atoms with Gasteiger partial charge in [0.25, 0.3) is 0 Å². The second-order valence-electron chi connectivity index (χ2n) is 8.40. The Labute approximate surface area is 177 Å². The maximum absolute atomic E-state index is 12.3. The Hall–Kier alpha value is -2.61. The van der Waals surface area contributed by atoms with Gasteiger partial charge in [0.15, 0.2) is 0 Å². The zero-order valence-corrected chi connectivity index (χ0v) is 17.5. The quantitative estimate of drug-likeness (QED) is 0.518. The van der Waals surface area contributed by atoms with Crippen LogP contribution in [0.3, 0.4) is 0 Å². The first-order valence-corrected chi connectivity index (χ1v) is 10.9. The highest BCUT2D eigenvalue weighted by Gasteiger charge is 2.24. The minimum Gasteiger partial charge on any atom is -0.369 e. The Morgan fingerprint density at radius 3 is 2.57 bits per heavy atom. The molecule has 0 spiro atoms. The number of amides is 4. The van der Waals surface area contributed by atoms with Gasteiger partial charge in [0, 0.05) is 25.3 Å². The molecule has 1 aromatic carbocycles. The fourth-order valence-electron chi connectivity index (χ4n) is 4.32. The summed E-state index contributed by atoms with van der Waals surface area (Å²) in [5.41, 5.74) is 7.16. The Bertz CT molecular complexity index is 748. The van der Waals surface area contributed by atoms with E-state index in [2.05, 4.69) is 20.9 Å². The molecule has 2 fully saturated rings. The third-order valence-electron chi connectivity index (χ3n) is 6.03. The van der Waals surface area contributed by atoms with Crippen LogP contribution in [0.15, 0.2) is 24.3 Å². The van der Waals surface area contributed by atoms with Crippen LogP contribution in [0.2, 0.25) is 0 Å². The van der Waals surface area contributed by atoms with Crippen molar-refractivity contribution in [3.05, 3.63) is 29.8 Å². The molecule has 0 aromatic heterocycles. The summed E-state index contributed by atoms with van der Waals surface area (Å²) >= 11 is 0. The number of hydrogen-bond donors (Lipinski definition) is 4. The van der Waals surface area contributed by atoms with Crippen molar-refractivity contribution in [1.29, 1.82) is 0 Å². The van der Waals surface area contributed by atoms with Crippen molar-refractivity contribution in [2.24, 2.45) is 17.6 Å². The molecule has 1 unspecified atom stereocenters. The summed E-state index contributed by atoms with van der Waals surface area (Å²) in [7, 11) is 0. The van der Waals surface area contributed by atoms with Gasteiger partial charge < -0.3 is 21.7 Å². The topological polar surface area (TPSA) is 117 Å². The number of nitrogens with two attached hydrogens (primary N) is 1. The van der Waals surface area contributed by atoms with Gasteiger partial charge in [-0.15, -0.1) is 0 Å². The third kappa shape index (κ3) is 6.73. The van der Waals surface area contributed by atoms with Gasteiger partial charge in [-0.05, 0) is 49.8 Å². The fraction of sp³-hybridized carbons (Fsp3) is 0.591. The minimum atomic E-state index is -0.309. The van der Waals surface area contributed by atoms with Crippen molar-refractivity contribution in [3.63, 3.8) is 0 Å². The van der Waals surface area contributed by atoms with Gasteiger partial charge in [0.1, 0.15) is 0 Å². The summed E-state index contributed by atoms with van der Waals surface area (Å²) in [6, 6.07) is 7.29. The normalized spacial score (nSPS) is 19.9. The predicted molar refractivity (Wildman–Crippen MR) is 116 cm³/mol. The van der Waals surface area contributed by atoms with Crippen LogP contribution in [-0.2, 0) is 16.1 Å². The summed E-state index contributed by atoms with van der Waals surface area (Å²) in [5, 5.41) is 8.36. The van der Waals surface area contributed by atoms with Crippen LogP contribution in [0.25, 0.3) is 0 Å². The van der Waals surface area contributed by atoms with E-state index in [1.54, 1.807) is 0 Å². The van der Waals surface area contributed by atoms with E-state index < -0.39 is 0 Å². The molecular formula is C22H33N5O3. The summed E-state index contributed by atoms with van der Waals surface area (Å²) in [6.45, 7) is 2.75. The average molecular weight is 416 g/mol. The van der Waals surface area contributed by atoms with Gasteiger partial charge >= 0.3 is 6.03 Å². The number of nitrogens with zero attached hydrogens (tertiary/aromatic N) is 1. The average Bonchev–Trinajstić information content (AvgIpc) is 3.26. The maximum Gasteiger partial charge on any atom is 0.315 e. The molecule has 1 aliphatic carbocycles. The number of piperidine rings is 1. The second kappa shape index (κ2) is 11.0. The molecule has 1 saturated heterocycles. The summed E-state index contributed by atoms with van der Waals surface area (Å²) in [4.78, 5) is 38.0. The van der Waals surface area contributed by atoms with Gasteiger partial charge in [-0.2, -0.15) is 0 Å². The number of nitrogens with one attached hydrogen (secondary N) is 3. The summed E-state index contributed by atoms with van der Waals surface area (Å²) in [5.74, 6) is -0.0847. The fourth-order valence-corrected chi connectivity index (χ4v) is 4.32. The van der Waals surface area contributed by atoms with Gasteiger partial charge in [-0.25, -0.2) is 4.79 Å². The van der Waals surface area contributed by atoms with Crippen molar-refractivity contribution in [3.8, 4) is 0 Å². The first kappa shape index (κ1) is 22.1. The standard InChI is InChI=1S/C22H33N5O3/c23-21(29)18-9-5-11-27(15-18)14-17-8-3-4-10-19(17)26-20(28)13-25-22(30)24-12-16-6-1-2-7-16/h3-4,8,10,16,18H,1-2,5-7,9,11-15H2,(H2,23,29)(H,26,28)(H2,24,25,30). The van der Waals surface area contributed by atoms with Crippen LogP contribution in [0, 0.1) is 11.8 Å². The van der Waals surface area contributed by atoms with Crippen molar-refractivity contribution in [1.82, 2.24) is 15.5 Å². The predicted octanol–water partition coefficient (Wildman–Crippen LogP) is 1.81. The van der Waals surface area contributed by atoms with E-state index in [-0.39, 0.29) is 30.3 Å². The van der Waals surface area contributed by atoms with Crippen LogP contribution in [0.5, 0.6) is 0 Å². The second-order valence-corrected chi connectivity index (χ2v) is 8.40. The number of urea groups is 1. The molecule has 30 heavy (non-hydrogen) atoms. The van der Waals surface area contributed by atoms with Crippen molar-refractivity contribution in [2.45, 2.75) is 45.1 Å². The summed E-state index contributed by atoms with van der Waals surface area (Å²) in [6.07, 6.45) is 6.55. The van der Waals surface area contributed by atoms with Gasteiger partial charge in [0.2, 0.25) is 11.8 Å². The van der Waals surface area contributed by atoms with Gasteiger partial charge in [0.05, 0.1) is 12.5 Å². The van der Waals surface area contributed by atoms with Gasteiger partial charge in [-0.1, -0.05) is 31.0 Å². The monoisotopic (exact) mass is 415 g/mol. The smallest absolute Gasteiger partial charge is 0.315 e. The van der Waals surface area contributed by atoms with Crippen LogP contribution in [0.1, 0.15) is 44.1 Å². The van der Waals surface area contributed by atoms with E-state index in [9.17, 15) is 14.4 Å². The minimum absolute atomic E-state index is 0.0850. The first-order valence-electron chi connectivity index (χ1n) is 10.9. The van der Waals surface area contributed by atoms with E-state index in [0.29, 0.717) is 25.6 Å². The Kier molecular flexibility index (Phi) is 8.07. The number of carbonyl (C=O) groups excluding carboxylic acids is 3. The Morgan fingerprint density at radius 1 is 1.03 bits per heavy atom. The number of benzene rings is 1. The zero-order valence-electron chi connectivity index (χ0n) is 17.5. The molecular weight excluding hydrogens is 382 g/mol. The van der Waals surface area contributed by atoms with E-state index in [1.165, 1.54) is 12.8 Å². The molecule has 1 heterocycles. The largest absolute Gasteiger partial charge is 0.369 e. The lowest BCUT2D eigenvalue weighted by molar-refractivity contribution is -0.123. The number of likely N-dealkylation sites (tertiary alicyclic amines) is 1. The highest BCUT2D eigenvalue weighted by Crippen LogP contribution is 2.24. The van der Waals surface area contributed by atoms with E-state index in [4.69, 9.17) is 5.73 Å². The van der Waals surface area contributed by atoms with E-state index >= 15 is 0 Å². The lowest BCUT2D eigenvalue weighted by Gasteiger charge is -2.31. The van der Waals surface area contributed by atoms with E-state index in [0.717, 1.165) is 43.5 Å². The molecule has 1 aromatic rings. The molecule has 0 bridgehead atoms. The van der Waals surface area contributed by atoms with Crippen LogP contribution in [-0.4, -0.2) is 48.9 Å². The maximum atomic E-state index is 12.3. The number of anilines is 1. The Morgan fingerprint density at radius 2 is 1.80 bits per heavy atom. The SMILES string of the molecule is NC(=O)C1CCCN(Cc2ccccc2NC(=O)CNC(=O)NCC2CCCC2)C1. The molecule has 5 N–H and O–H groups in total. The molecule has 8 heteroatoms. The molecule has 1 saturated carbocycles. The third-order valence-corrected chi connectivity index (χ3v) is 6.03. The molecule has 2 aliphatic rings. The van der Waals surface area contributed by atoms with Crippen LogP contribution >= 0.6 is 0 Å². The van der Waals surface area contributed by atoms with Gasteiger partial charge in [-0.3, -0.25) is 14.5 Å². The van der Waals surface area contributed by atoms with E-state index in [1.807, 2.05) is 24.3 Å².